The van der Waals surface area contributed by atoms with Gasteiger partial charge in [0.25, 0.3) is 0 Å². The van der Waals surface area contributed by atoms with Crippen molar-refractivity contribution < 1.29 is 0 Å². The second-order valence-corrected chi connectivity index (χ2v) is 3.95. The molecule has 0 N–H and O–H groups in total. The number of hydrogen-bond acceptors (Lipinski definition) is 1. The minimum atomic E-state index is 0.682. The molecule has 0 radical (unpaired) electrons. The average molecular weight is 164 g/mol. The summed E-state index contributed by atoms with van der Waals surface area (Å²) in [5, 5.41) is 0. The molecule has 0 aliphatic carbocycles. The monoisotopic (exact) mass is 164 g/mol. The second-order valence-electron chi connectivity index (χ2n) is 2.87. The highest BCUT2D eigenvalue weighted by atomic mass is 32.2. The molecular formula is C10H12S. The van der Waals surface area contributed by atoms with Gasteiger partial charge in [0.15, 0.2) is 0 Å². The van der Waals surface area contributed by atoms with Crippen molar-refractivity contribution in [2.45, 2.75) is 12.8 Å². The first kappa shape index (κ1) is 8.57. The molecule has 0 saturated carbocycles. The largest absolute Gasteiger partial charge is 0.161 e. The molecule has 11 heavy (non-hydrogen) atoms. The summed E-state index contributed by atoms with van der Waals surface area (Å²) in [5.74, 6) is 9.21. The van der Waals surface area contributed by atoms with Crippen molar-refractivity contribution in [2.75, 3.05) is 11.5 Å². The van der Waals surface area contributed by atoms with Gasteiger partial charge in [-0.05, 0) is 23.3 Å². The maximum atomic E-state index is 5.26. The summed E-state index contributed by atoms with van der Waals surface area (Å²) >= 11 is 1.98. The van der Waals surface area contributed by atoms with Gasteiger partial charge in [0, 0.05) is 12.8 Å². The smallest absolute Gasteiger partial charge is 0.0126 e. The van der Waals surface area contributed by atoms with Crippen LogP contribution in [0.15, 0.2) is 0 Å². The third-order valence-corrected chi connectivity index (χ3v) is 3.42. The molecule has 0 aromatic carbocycles. The van der Waals surface area contributed by atoms with E-state index in [9.17, 15) is 0 Å². The Morgan fingerprint density at radius 1 is 1.09 bits per heavy atom. The summed E-state index contributed by atoms with van der Waals surface area (Å²) in [6.07, 6.45) is 12.3. The normalized spacial score (nSPS) is 29.3. The van der Waals surface area contributed by atoms with Crippen molar-refractivity contribution in [2.24, 2.45) is 11.8 Å². The van der Waals surface area contributed by atoms with Crippen LogP contribution < -0.4 is 0 Å². The highest BCUT2D eigenvalue weighted by Gasteiger charge is 2.25. The molecule has 1 saturated heterocycles. The Bertz CT molecular complexity index is 172. The lowest BCUT2D eigenvalue weighted by Crippen LogP contribution is -2.10. The van der Waals surface area contributed by atoms with E-state index in [4.69, 9.17) is 12.8 Å². The second kappa shape index (κ2) is 4.37. The minimum Gasteiger partial charge on any atom is -0.161 e. The summed E-state index contributed by atoms with van der Waals surface area (Å²) in [5.41, 5.74) is 0. The topological polar surface area (TPSA) is 0 Å². The van der Waals surface area contributed by atoms with Gasteiger partial charge in [-0.25, -0.2) is 0 Å². The third-order valence-electron chi connectivity index (χ3n) is 2.09. The lowest BCUT2D eigenvalue weighted by Gasteiger charge is -2.12. The molecule has 0 amide bonds. The highest BCUT2D eigenvalue weighted by Crippen LogP contribution is 2.33. The Morgan fingerprint density at radius 2 is 1.55 bits per heavy atom. The lowest BCUT2D eigenvalue weighted by molar-refractivity contribution is 0.437. The van der Waals surface area contributed by atoms with Crippen molar-refractivity contribution in [3.63, 3.8) is 0 Å². The van der Waals surface area contributed by atoms with Gasteiger partial charge < -0.3 is 0 Å². The fourth-order valence-electron chi connectivity index (χ4n) is 1.40. The van der Waals surface area contributed by atoms with Crippen LogP contribution in [0.1, 0.15) is 12.8 Å². The van der Waals surface area contributed by atoms with Gasteiger partial charge in [-0.3, -0.25) is 0 Å². The van der Waals surface area contributed by atoms with Crippen LogP contribution in [-0.2, 0) is 0 Å². The van der Waals surface area contributed by atoms with Gasteiger partial charge in [-0.2, -0.15) is 11.8 Å². The van der Waals surface area contributed by atoms with Crippen molar-refractivity contribution in [3.8, 4) is 24.7 Å². The van der Waals surface area contributed by atoms with Gasteiger partial charge in [-0.15, -0.1) is 24.7 Å². The molecule has 2 atom stereocenters. The van der Waals surface area contributed by atoms with Gasteiger partial charge in [0.2, 0.25) is 0 Å². The van der Waals surface area contributed by atoms with Gasteiger partial charge in [0.05, 0.1) is 0 Å². The van der Waals surface area contributed by atoms with Crippen molar-refractivity contribution in [3.05, 3.63) is 0 Å². The van der Waals surface area contributed by atoms with E-state index in [2.05, 4.69) is 11.8 Å². The minimum absolute atomic E-state index is 0.682. The van der Waals surface area contributed by atoms with E-state index in [0.717, 1.165) is 12.8 Å². The molecule has 0 bridgehead atoms. The lowest BCUT2D eigenvalue weighted by atomic mass is 9.91. The molecule has 58 valence electrons. The fourth-order valence-corrected chi connectivity index (χ4v) is 2.92. The summed E-state index contributed by atoms with van der Waals surface area (Å²) < 4.78 is 0. The molecule has 0 aromatic heterocycles. The molecular weight excluding hydrogens is 152 g/mol. The summed E-state index contributed by atoms with van der Waals surface area (Å²) in [4.78, 5) is 0. The Morgan fingerprint density at radius 3 is 1.91 bits per heavy atom. The zero-order valence-corrected chi connectivity index (χ0v) is 7.36. The molecule has 1 heterocycles. The summed E-state index contributed by atoms with van der Waals surface area (Å²) in [6, 6.07) is 0. The molecule has 1 heteroatoms. The van der Waals surface area contributed by atoms with E-state index in [-0.39, 0.29) is 0 Å². The Balaban J connectivity index is 2.40. The average Bonchev–Trinajstić information content (AvgIpc) is 2.39. The number of hydrogen-bond donors (Lipinski definition) is 0. The molecule has 2 unspecified atom stereocenters. The van der Waals surface area contributed by atoms with E-state index in [1.54, 1.807) is 0 Å². The van der Waals surface area contributed by atoms with E-state index >= 15 is 0 Å². The first-order valence-electron chi connectivity index (χ1n) is 3.83. The molecule has 1 fully saturated rings. The predicted molar refractivity (Wildman–Crippen MR) is 51.2 cm³/mol. The van der Waals surface area contributed by atoms with E-state index in [0.29, 0.717) is 11.8 Å². The number of rotatable bonds is 2. The number of terminal acetylenes is 2. The molecule has 0 nitrogen and oxygen atoms in total. The molecule has 1 rings (SSSR count). The van der Waals surface area contributed by atoms with E-state index in [1.807, 2.05) is 11.8 Å². The number of thioether (sulfide) groups is 1. The maximum Gasteiger partial charge on any atom is 0.0126 e. The van der Waals surface area contributed by atoms with Crippen molar-refractivity contribution >= 4 is 11.8 Å². The first-order valence-corrected chi connectivity index (χ1v) is 4.98. The maximum absolute atomic E-state index is 5.26. The molecule has 1 aliphatic heterocycles. The Labute approximate surface area is 73.1 Å². The fraction of sp³-hybridized carbons (Fsp3) is 0.600. The van der Waals surface area contributed by atoms with Crippen molar-refractivity contribution in [1.29, 1.82) is 0 Å². The van der Waals surface area contributed by atoms with Crippen LogP contribution in [0.4, 0.5) is 0 Å². The summed E-state index contributed by atoms with van der Waals surface area (Å²) in [6.45, 7) is 0. The van der Waals surface area contributed by atoms with Gasteiger partial charge in [0.1, 0.15) is 0 Å². The molecule has 1 aliphatic rings. The zero-order valence-electron chi connectivity index (χ0n) is 6.55. The SMILES string of the molecule is C#CCC1CSCC1CC#C. The predicted octanol–water partition coefficient (Wildman–Crippen LogP) is 2.01. The van der Waals surface area contributed by atoms with Crippen LogP contribution in [0.2, 0.25) is 0 Å². The van der Waals surface area contributed by atoms with Crippen LogP contribution in [0.5, 0.6) is 0 Å². The zero-order chi connectivity index (χ0) is 8.10. The quantitative estimate of drug-likeness (QED) is 0.563. The third kappa shape index (κ3) is 2.21. The highest BCUT2D eigenvalue weighted by molar-refractivity contribution is 7.99. The van der Waals surface area contributed by atoms with Crippen molar-refractivity contribution in [1.82, 2.24) is 0 Å². The van der Waals surface area contributed by atoms with Crippen LogP contribution in [-0.4, -0.2) is 11.5 Å². The van der Waals surface area contributed by atoms with Crippen LogP contribution in [0.3, 0.4) is 0 Å². The standard InChI is InChI=1S/C10H12S/c1-3-5-9-7-11-8-10(9)6-4-2/h1-2,9-10H,5-8H2. The van der Waals surface area contributed by atoms with E-state index in [1.165, 1.54) is 11.5 Å². The summed E-state index contributed by atoms with van der Waals surface area (Å²) in [7, 11) is 0. The van der Waals surface area contributed by atoms with E-state index < -0.39 is 0 Å². The van der Waals surface area contributed by atoms with Crippen LogP contribution >= 0.6 is 11.8 Å². The van der Waals surface area contributed by atoms with Gasteiger partial charge >= 0.3 is 0 Å². The molecule has 0 aromatic rings. The van der Waals surface area contributed by atoms with Gasteiger partial charge in [-0.1, -0.05) is 0 Å². The molecule has 0 spiro atoms. The van der Waals surface area contributed by atoms with Crippen LogP contribution in [0.25, 0.3) is 0 Å². The first-order chi connectivity index (χ1) is 5.38. The Hall–Kier alpha value is -0.530. The Kier molecular flexibility index (Phi) is 3.40. The van der Waals surface area contributed by atoms with Crippen LogP contribution in [0, 0.1) is 36.5 Å².